The second-order valence-electron chi connectivity index (χ2n) is 5.38. The molecule has 1 atom stereocenters. The molecular weight excluding hydrogens is 442 g/mol. The third-order valence-electron chi connectivity index (χ3n) is 3.73. The third kappa shape index (κ3) is 3.46. The second kappa shape index (κ2) is 7.07. The van der Waals surface area contributed by atoms with Crippen molar-refractivity contribution in [3.63, 3.8) is 0 Å². The van der Waals surface area contributed by atoms with Crippen LogP contribution in [0.3, 0.4) is 0 Å². The van der Waals surface area contributed by atoms with Crippen molar-refractivity contribution in [2.24, 2.45) is 0 Å². The Morgan fingerprint density at radius 2 is 1.80 bits per heavy atom. The summed E-state index contributed by atoms with van der Waals surface area (Å²) in [6.45, 7) is 0. The summed E-state index contributed by atoms with van der Waals surface area (Å²) >= 11 is 12.4. The van der Waals surface area contributed by atoms with Crippen LogP contribution in [0.5, 0.6) is 0 Å². The lowest BCUT2D eigenvalue weighted by molar-refractivity contribution is -0.115. The molecule has 126 valence electrons. The Bertz CT molecular complexity index is 914. The fourth-order valence-corrected chi connectivity index (χ4v) is 5.04. The Hall–Kier alpha value is -1.41. The average Bonchev–Trinajstić information content (AvgIpc) is 3.23. The van der Waals surface area contributed by atoms with E-state index in [1.165, 1.54) is 11.3 Å². The van der Waals surface area contributed by atoms with Gasteiger partial charge in [0.25, 0.3) is 0 Å². The molecule has 2 aromatic carbocycles. The number of carbonyl (C=O) groups is 1. The zero-order valence-corrected chi connectivity index (χ0v) is 16.7. The van der Waals surface area contributed by atoms with E-state index in [0.717, 1.165) is 20.6 Å². The summed E-state index contributed by atoms with van der Waals surface area (Å²) in [4.78, 5) is 14.2. The molecule has 1 saturated heterocycles. The average molecular weight is 453 g/mol. The van der Waals surface area contributed by atoms with Gasteiger partial charge in [-0.05, 0) is 29.8 Å². The van der Waals surface area contributed by atoms with E-state index < -0.39 is 0 Å². The van der Waals surface area contributed by atoms with Crippen LogP contribution < -0.4 is 4.90 Å². The molecule has 0 radical (unpaired) electrons. The van der Waals surface area contributed by atoms with Gasteiger partial charge >= 0.3 is 0 Å². The van der Waals surface area contributed by atoms with E-state index in [1.807, 2.05) is 48.5 Å². The monoisotopic (exact) mass is 451 g/mol. The Balaban J connectivity index is 1.66. The Morgan fingerprint density at radius 3 is 2.52 bits per heavy atom. The number of nitrogens with zero attached hydrogens (tertiary/aromatic N) is 3. The first kappa shape index (κ1) is 17.0. The third-order valence-corrected chi connectivity index (χ3v) is 6.70. The van der Waals surface area contributed by atoms with Crippen LogP contribution in [0.4, 0.5) is 5.13 Å². The van der Waals surface area contributed by atoms with Crippen LogP contribution in [-0.2, 0) is 4.79 Å². The fraction of sp³-hybridized carbons (Fsp3) is 0.118. The lowest BCUT2D eigenvalue weighted by Gasteiger charge is -2.20. The molecule has 1 aromatic heterocycles. The van der Waals surface area contributed by atoms with Crippen molar-refractivity contribution in [2.45, 2.75) is 5.37 Å². The molecule has 4 rings (SSSR count). The first-order valence-corrected chi connectivity index (χ1v) is 10.4. The highest BCUT2D eigenvalue weighted by atomic mass is 79.9. The van der Waals surface area contributed by atoms with Gasteiger partial charge in [0.2, 0.25) is 11.0 Å². The number of benzene rings is 2. The fourth-order valence-electron chi connectivity index (χ4n) is 2.53. The standard InChI is InChI=1S/C17H11BrClN3OS2/c18-12-5-1-11(2-6-12)16-22(14(23)9-24-16)17-21-20-15(25-17)10-3-7-13(19)8-4-10/h1-8,16H,9H2. The van der Waals surface area contributed by atoms with Gasteiger partial charge in [-0.25, -0.2) is 0 Å². The highest BCUT2D eigenvalue weighted by Crippen LogP contribution is 2.43. The maximum Gasteiger partial charge on any atom is 0.240 e. The number of thioether (sulfide) groups is 1. The molecule has 3 aromatic rings. The first-order chi connectivity index (χ1) is 12.1. The number of carbonyl (C=O) groups excluding carboxylic acids is 1. The lowest BCUT2D eigenvalue weighted by Crippen LogP contribution is -2.27. The lowest BCUT2D eigenvalue weighted by atomic mass is 10.2. The van der Waals surface area contributed by atoms with Gasteiger partial charge in [-0.15, -0.1) is 22.0 Å². The van der Waals surface area contributed by atoms with E-state index in [9.17, 15) is 4.79 Å². The van der Waals surface area contributed by atoms with Gasteiger partial charge in [0.05, 0.1) is 5.75 Å². The molecule has 0 N–H and O–H groups in total. The molecule has 1 unspecified atom stereocenters. The highest BCUT2D eigenvalue weighted by molar-refractivity contribution is 9.10. The molecular formula is C17H11BrClN3OS2. The normalized spacial score (nSPS) is 17.3. The largest absolute Gasteiger partial charge is 0.273 e. The zero-order valence-electron chi connectivity index (χ0n) is 12.7. The van der Waals surface area contributed by atoms with E-state index in [4.69, 9.17) is 11.6 Å². The van der Waals surface area contributed by atoms with E-state index in [-0.39, 0.29) is 11.3 Å². The summed E-state index contributed by atoms with van der Waals surface area (Å²) in [5.74, 6) is 0.494. The van der Waals surface area contributed by atoms with Crippen molar-refractivity contribution >= 4 is 61.7 Å². The minimum Gasteiger partial charge on any atom is -0.273 e. The number of hydrogen-bond donors (Lipinski definition) is 0. The van der Waals surface area contributed by atoms with Gasteiger partial charge in [0.1, 0.15) is 10.4 Å². The number of amides is 1. The van der Waals surface area contributed by atoms with Crippen LogP contribution in [0.15, 0.2) is 53.0 Å². The quantitative estimate of drug-likeness (QED) is 0.534. The summed E-state index contributed by atoms with van der Waals surface area (Å²) in [7, 11) is 0. The van der Waals surface area contributed by atoms with E-state index in [1.54, 1.807) is 16.7 Å². The molecule has 8 heteroatoms. The number of hydrogen-bond acceptors (Lipinski definition) is 5. The van der Waals surface area contributed by atoms with Crippen LogP contribution in [0.25, 0.3) is 10.6 Å². The molecule has 1 amide bonds. The Kier molecular flexibility index (Phi) is 4.82. The summed E-state index contributed by atoms with van der Waals surface area (Å²) in [5, 5.41) is 10.5. The SMILES string of the molecule is O=C1CSC(c2ccc(Br)cc2)N1c1nnc(-c2ccc(Cl)cc2)s1. The van der Waals surface area contributed by atoms with Crippen molar-refractivity contribution in [3.8, 4) is 10.6 Å². The predicted octanol–water partition coefficient (Wildman–Crippen LogP) is 5.40. The van der Waals surface area contributed by atoms with Gasteiger partial charge in [0, 0.05) is 15.1 Å². The molecule has 1 aliphatic heterocycles. The van der Waals surface area contributed by atoms with E-state index in [2.05, 4.69) is 26.1 Å². The van der Waals surface area contributed by atoms with Gasteiger partial charge in [-0.1, -0.05) is 63.1 Å². The molecule has 0 saturated carbocycles. The van der Waals surface area contributed by atoms with Crippen molar-refractivity contribution in [1.29, 1.82) is 0 Å². The van der Waals surface area contributed by atoms with E-state index >= 15 is 0 Å². The van der Waals surface area contributed by atoms with Gasteiger partial charge in [-0.3, -0.25) is 9.69 Å². The number of anilines is 1. The summed E-state index contributed by atoms with van der Waals surface area (Å²) in [5.41, 5.74) is 2.01. The van der Waals surface area contributed by atoms with Crippen molar-refractivity contribution in [2.75, 3.05) is 10.7 Å². The number of aromatic nitrogens is 2. The molecule has 4 nitrogen and oxygen atoms in total. The molecule has 25 heavy (non-hydrogen) atoms. The zero-order chi connectivity index (χ0) is 17.4. The van der Waals surface area contributed by atoms with Crippen molar-refractivity contribution in [3.05, 3.63) is 63.6 Å². The van der Waals surface area contributed by atoms with Crippen LogP contribution >= 0.6 is 50.6 Å². The van der Waals surface area contributed by atoms with Crippen LogP contribution in [-0.4, -0.2) is 21.9 Å². The summed E-state index contributed by atoms with van der Waals surface area (Å²) in [6.07, 6.45) is 0. The molecule has 0 bridgehead atoms. The highest BCUT2D eigenvalue weighted by Gasteiger charge is 2.36. The van der Waals surface area contributed by atoms with Crippen LogP contribution in [0, 0.1) is 0 Å². The Labute approximate surface area is 166 Å². The van der Waals surface area contributed by atoms with Gasteiger partial charge in [0.15, 0.2) is 0 Å². The Morgan fingerprint density at radius 1 is 1.08 bits per heavy atom. The van der Waals surface area contributed by atoms with E-state index in [0.29, 0.717) is 15.9 Å². The first-order valence-electron chi connectivity index (χ1n) is 7.40. The number of rotatable bonds is 3. The molecule has 0 spiro atoms. The van der Waals surface area contributed by atoms with Crippen molar-refractivity contribution in [1.82, 2.24) is 10.2 Å². The summed E-state index contributed by atoms with van der Waals surface area (Å²) < 4.78 is 1.01. The molecule has 1 fully saturated rings. The smallest absolute Gasteiger partial charge is 0.240 e. The van der Waals surface area contributed by atoms with Crippen molar-refractivity contribution < 1.29 is 4.79 Å². The topological polar surface area (TPSA) is 46.1 Å². The van der Waals surface area contributed by atoms with Crippen LogP contribution in [0.1, 0.15) is 10.9 Å². The minimum absolute atomic E-state index is 0.0525. The van der Waals surface area contributed by atoms with Crippen LogP contribution in [0.2, 0.25) is 5.02 Å². The molecule has 2 heterocycles. The minimum atomic E-state index is -0.0772. The predicted molar refractivity (Wildman–Crippen MR) is 107 cm³/mol. The maximum absolute atomic E-state index is 12.4. The second-order valence-corrected chi connectivity index (χ2v) is 8.75. The maximum atomic E-state index is 12.4. The molecule has 1 aliphatic rings. The van der Waals surface area contributed by atoms with Gasteiger partial charge in [-0.2, -0.15) is 0 Å². The summed E-state index contributed by atoms with van der Waals surface area (Å²) in [6, 6.07) is 15.5. The van der Waals surface area contributed by atoms with Gasteiger partial charge < -0.3 is 0 Å². The molecule has 0 aliphatic carbocycles. The number of halogens is 2.